The maximum atomic E-state index is 13.3. The van der Waals surface area contributed by atoms with Crippen LogP contribution in [0.5, 0.6) is 5.75 Å². The van der Waals surface area contributed by atoms with E-state index in [9.17, 15) is 8.78 Å². The van der Waals surface area contributed by atoms with Crippen molar-refractivity contribution in [3.05, 3.63) is 29.3 Å². The van der Waals surface area contributed by atoms with E-state index >= 15 is 0 Å². The molecule has 1 aliphatic heterocycles. The number of rotatable bonds is 2. The van der Waals surface area contributed by atoms with Crippen LogP contribution >= 0.6 is 0 Å². The van der Waals surface area contributed by atoms with Crippen LogP contribution in [0.2, 0.25) is 0 Å². The monoisotopic (exact) mass is 200 g/mol. The predicted octanol–water partition coefficient (Wildman–Crippen LogP) is 2.22. The number of halogens is 2. The lowest BCUT2D eigenvalue weighted by Gasteiger charge is -2.12. The minimum atomic E-state index is -0.957. The molecule has 0 bridgehead atoms. The molecule has 1 unspecified atom stereocenters. The van der Waals surface area contributed by atoms with E-state index in [1.165, 1.54) is 13.2 Å². The molecule has 0 radical (unpaired) electrons. The highest BCUT2D eigenvalue weighted by molar-refractivity contribution is 5.41. The van der Waals surface area contributed by atoms with Gasteiger partial charge in [-0.15, -0.1) is 0 Å². The van der Waals surface area contributed by atoms with E-state index in [1.807, 2.05) is 6.92 Å². The van der Waals surface area contributed by atoms with Crippen molar-refractivity contribution in [2.75, 3.05) is 13.7 Å². The predicted molar refractivity (Wildman–Crippen MR) is 46.2 cm³/mol. The number of hydrogen-bond acceptors (Lipinski definition) is 2. The molecule has 0 spiro atoms. The first-order valence-corrected chi connectivity index (χ1v) is 4.25. The molecule has 1 aliphatic rings. The Morgan fingerprint density at radius 3 is 2.57 bits per heavy atom. The lowest BCUT2D eigenvalue weighted by molar-refractivity contribution is 0.306. The Bertz CT molecular complexity index is 373. The SMILES string of the molecule is COc1c(C2(C)CO2)ccc(F)c1F. The fourth-order valence-corrected chi connectivity index (χ4v) is 1.41. The van der Waals surface area contributed by atoms with Gasteiger partial charge in [0, 0.05) is 5.56 Å². The lowest BCUT2D eigenvalue weighted by atomic mass is 10.0. The van der Waals surface area contributed by atoms with Crippen molar-refractivity contribution in [3.63, 3.8) is 0 Å². The molecule has 1 fully saturated rings. The van der Waals surface area contributed by atoms with Crippen molar-refractivity contribution < 1.29 is 18.3 Å². The first-order chi connectivity index (χ1) is 6.58. The van der Waals surface area contributed by atoms with Crippen molar-refractivity contribution in [3.8, 4) is 5.75 Å². The first-order valence-electron chi connectivity index (χ1n) is 4.25. The van der Waals surface area contributed by atoms with E-state index in [0.717, 1.165) is 6.07 Å². The summed E-state index contributed by atoms with van der Waals surface area (Å²) in [5.74, 6) is -1.93. The molecule has 1 atom stereocenters. The van der Waals surface area contributed by atoms with Crippen LogP contribution in [0.15, 0.2) is 12.1 Å². The highest BCUT2D eigenvalue weighted by atomic mass is 19.2. The quantitative estimate of drug-likeness (QED) is 0.683. The fraction of sp³-hybridized carbons (Fsp3) is 0.400. The summed E-state index contributed by atoms with van der Waals surface area (Å²) in [6, 6.07) is 2.57. The molecule has 0 aromatic heterocycles. The van der Waals surface area contributed by atoms with Gasteiger partial charge in [-0.2, -0.15) is 4.39 Å². The summed E-state index contributed by atoms with van der Waals surface area (Å²) in [5.41, 5.74) is 0.0405. The van der Waals surface area contributed by atoms with Crippen LogP contribution in [0.4, 0.5) is 8.78 Å². The topological polar surface area (TPSA) is 21.8 Å². The number of epoxide rings is 1. The Balaban J connectivity index is 2.55. The molecule has 0 saturated carbocycles. The van der Waals surface area contributed by atoms with Gasteiger partial charge in [0.05, 0.1) is 13.7 Å². The van der Waals surface area contributed by atoms with Crippen molar-refractivity contribution in [2.45, 2.75) is 12.5 Å². The molecule has 4 heteroatoms. The van der Waals surface area contributed by atoms with Crippen LogP contribution in [0.25, 0.3) is 0 Å². The summed E-state index contributed by atoms with van der Waals surface area (Å²) in [5, 5.41) is 0. The highest BCUT2D eigenvalue weighted by Crippen LogP contribution is 2.43. The third kappa shape index (κ3) is 1.26. The molecular formula is C10H10F2O2. The van der Waals surface area contributed by atoms with Gasteiger partial charge in [-0.1, -0.05) is 0 Å². The van der Waals surface area contributed by atoms with E-state index in [1.54, 1.807) is 0 Å². The second-order valence-corrected chi connectivity index (χ2v) is 3.46. The van der Waals surface area contributed by atoms with Crippen LogP contribution in [-0.2, 0) is 10.3 Å². The minimum absolute atomic E-state index is 0.0648. The summed E-state index contributed by atoms with van der Waals surface area (Å²) >= 11 is 0. The van der Waals surface area contributed by atoms with Gasteiger partial charge in [0.15, 0.2) is 11.6 Å². The van der Waals surface area contributed by atoms with Crippen molar-refractivity contribution >= 4 is 0 Å². The Morgan fingerprint density at radius 2 is 2.07 bits per heavy atom. The molecule has 2 nitrogen and oxygen atoms in total. The summed E-state index contributed by atoms with van der Waals surface area (Å²) in [4.78, 5) is 0. The van der Waals surface area contributed by atoms with Gasteiger partial charge >= 0.3 is 0 Å². The third-order valence-corrected chi connectivity index (χ3v) is 2.40. The zero-order valence-corrected chi connectivity index (χ0v) is 7.93. The molecule has 0 aliphatic carbocycles. The molecule has 1 aromatic rings. The van der Waals surface area contributed by atoms with E-state index < -0.39 is 17.2 Å². The second-order valence-electron chi connectivity index (χ2n) is 3.46. The number of ether oxygens (including phenoxy) is 2. The first kappa shape index (κ1) is 9.40. The highest BCUT2D eigenvalue weighted by Gasteiger charge is 2.44. The number of benzene rings is 1. The van der Waals surface area contributed by atoms with Gasteiger partial charge in [-0.3, -0.25) is 0 Å². The Kier molecular flexibility index (Phi) is 1.96. The van der Waals surface area contributed by atoms with Gasteiger partial charge in [0.1, 0.15) is 5.60 Å². The van der Waals surface area contributed by atoms with Crippen LogP contribution in [0.3, 0.4) is 0 Å². The van der Waals surface area contributed by atoms with Gasteiger partial charge in [-0.05, 0) is 19.1 Å². The third-order valence-electron chi connectivity index (χ3n) is 2.40. The van der Waals surface area contributed by atoms with Crippen molar-refractivity contribution in [1.82, 2.24) is 0 Å². The lowest BCUT2D eigenvalue weighted by Crippen LogP contribution is -2.07. The van der Waals surface area contributed by atoms with Gasteiger partial charge < -0.3 is 9.47 Å². The zero-order valence-electron chi connectivity index (χ0n) is 7.93. The Labute approximate surface area is 80.4 Å². The molecule has 1 aromatic carbocycles. The maximum Gasteiger partial charge on any atom is 0.200 e. The van der Waals surface area contributed by atoms with Crippen molar-refractivity contribution in [2.24, 2.45) is 0 Å². The summed E-state index contributed by atoms with van der Waals surface area (Å²) < 4.78 is 36.1. The fourth-order valence-electron chi connectivity index (χ4n) is 1.41. The summed E-state index contributed by atoms with van der Waals surface area (Å²) in [6.45, 7) is 2.32. The Hall–Kier alpha value is -1.16. The summed E-state index contributed by atoms with van der Waals surface area (Å²) in [6.07, 6.45) is 0. The zero-order chi connectivity index (χ0) is 10.3. The standard InChI is InChI=1S/C10H10F2O2/c1-10(5-14-10)6-3-4-7(11)8(12)9(6)13-2/h3-4H,5H2,1-2H3. The number of methoxy groups -OCH3 is 1. The second kappa shape index (κ2) is 2.92. The van der Waals surface area contributed by atoms with Crippen molar-refractivity contribution in [1.29, 1.82) is 0 Å². The maximum absolute atomic E-state index is 13.3. The van der Waals surface area contributed by atoms with E-state index in [4.69, 9.17) is 9.47 Å². The molecule has 1 saturated heterocycles. The van der Waals surface area contributed by atoms with E-state index in [2.05, 4.69) is 0 Å². The molecule has 76 valence electrons. The normalized spacial score (nSPS) is 24.9. The minimum Gasteiger partial charge on any atom is -0.493 e. The molecule has 0 N–H and O–H groups in total. The summed E-state index contributed by atoms with van der Waals surface area (Å²) in [7, 11) is 1.31. The molecular weight excluding hydrogens is 190 g/mol. The smallest absolute Gasteiger partial charge is 0.200 e. The molecule has 0 amide bonds. The Morgan fingerprint density at radius 1 is 1.43 bits per heavy atom. The van der Waals surface area contributed by atoms with Crippen LogP contribution in [0, 0.1) is 11.6 Å². The number of hydrogen-bond donors (Lipinski definition) is 0. The average molecular weight is 200 g/mol. The largest absolute Gasteiger partial charge is 0.493 e. The molecule has 2 rings (SSSR count). The van der Waals surface area contributed by atoms with E-state index in [-0.39, 0.29) is 5.75 Å². The average Bonchev–Trinajstić information content (AvgIpc) is 2.89. The van der Waals surface area contributed by atoms with Crippen LogP contribution in [-0.4, -0.2) is 13.7 Å². The van der Waals surface area contributed by atoms with Crippen LogP contribution < -0.4 is 4.74 Å². The van der Waals surface area contributed by atoms with Crippen LogP contribution in [0.1, 0.15) is 12.5 Å². The van der Waals surface area contributed by atoms with E-state index in [0.29, 0.717) is 12.2 Å². The molecule has 1 heterocycles. The van der Waals surface area contributed by atoms with Gasteiger partial charge in [0.25, 0.3) is 0 Å². The molecule has 14 heavy (non-hydrogen) atoms. The van der Waals surface area contributed by atoms with Gasteiger partial charge in [0.2, 0.25) is 5.82 Å². The van der Waals surface area contributed by atoms with Gasteiger partial charge in [-0.25, -0.2) is 4.39 Å².